The number of aromatic amines is 1. The molecule has 2 aromatic rings. The van der Waals surface area contributed by atoms with Gasteiger partial charge in [0, 0.05) is 24.3 Å². The molecule has 198 valence electrons. The Kier molecular flexibility index (Phi) is 7.86. The summed E-state index contributed by atoms with van der Waals surface area (Å²) in [4.78, 5) is 37.3. The van der Waals surface area contributed by atoms with Crippen LogP contribution in [0.25, 0.3) is 11.3 Å². The van der Waals surface area contributed by atoms with Crippen LogP contribution in [0.2, 0.25) is 0 Å². The number of H-pyrrole nitrogens is 1. The summed E-state index contributed by atoms with van der Waals surface area (Å²) in [6, 6.07) is 10.2. The molecule has 1 saturated heterocycles. The minimum absolute atomic E-state index is 0.254. The predicted molar refractivity (Wildman–Crippen MR) is 126 cm³/mol. The van der Waals surface area contributed by atoms with Crippen LogP contribution in [0.4, 0.5) is 18.9 Å². The summed E-state index contributed by atoms with van der Waals surface area (Å²) in [5.41, 5.74) is 0.844. The first-order valence-electron chi connectivity index (χ1n) is 11.6. The standard InChI is InChI=1S/C23H25N3O4.C2HF3O2/c1-2-17-19(25-21(28)18(20(17)27)22(29)30)14-6-8-16(9-7-14)26-11-15-5-3-4-10-23(15,12-24)13-26;3-2(4,5)1(6)7/h6-9,15H,2-5,10-11,13H2,1H3,(H,29,30)(H2,25,27,28);(H,6,7). The number of anilines is 1. The number of aromatic nitrogens is 1. The summed E-state index contributed by atoms with van der Waals surface area (Å²) in [6.45, 7) is 3.40. The number of nitriles is 1. The Morgan fingerprint density at radius 2 is 1.84 bits per heavy atom. The number of fused-ring (bicyclic) bond motifs is 1. The highest BCUT2D eigenvalue weighted by molar-refractivity contribution is 5.92. The zero-order chi connectivity index (χ0) is 27.5. The number of benzene rings is 1. The smallest absolute Gasteiger partial charge is 0.490 e. The first-order valence-corrected chi connectivity index (χ1v) is 11.6. The predicted octanol–water partition coefficient (Wildman–Crippen LogP) is 4.16. The Hall–Kier alpha value is -4.01. The number of alkyl halides is 3. The Balaban J connectivity index is 0.000000479. The fourth-order valence-corrected chi connectivity index (χ4v) is 5.09. The minimum Gasteiger partial charge on any atom is -0.506 e. The van der Waals surface area contributed by atoms with Crippen molar-refractivity contribution in [1.82, 2.24) is 4.98 Å². The van der Waals surface area contributed by atoms with Gasteiger partial charge >= 0.3 is 18.1 Å². The van der Waals surface area contributed by atoms with Crippen molar-refractivity contribution in [3.8, 4) is 23.1 Å². The van der Waals surface area contributed by atoms with Gasteiger partial charge in [0.05, 0.1) is 17.2 Å². The number of carboxylic acids is 2. The summed E-state index contributed by atoms with van der Waals surface area (Å²) in [5.74, 6) is -4.29. The fraction of sp³-hybridized carbons (Fsp3) is 0.440. The highest BCUT2D eigenvalue weighted by Crippen LogP contribution is 2.47. The third-order valence-corrected chi connectivity index (χ3v) is 6.96. The Bertz CT molecular complexity index is 1280. The lowest BCUT2D eigenvalue weighted by atomic mass is 9.69. The van der Waals surface area contributed by atoms with Gasteiger partial charge in [0.2, 0.25) is 0 Å². The molecule has 1 aliphatic heterocycles. The van der Waals surface area contributed by atoms with E-state index in [1.54, 1.807) is 6.92 Å². The van der Waals surface area contributed by atoms with Crippen LogP contribution in [-0.4, -0.2) is 51.5 Å². The first kappa shape index (κ1) is 27.6. The molecule has 1 aliphatic carbocycles. The van der Waals surface area contributed by atoms with Crippen molar-refractivity contribution in [2.45, 2.75) is 45.2 Å². The molecule has 1 saturated carbocycles. The van der Waals surface area contributed by atoms with Gasteiger partial charge in [-0.3, -0.25) is 4.79 Å². The van der Waals surface area contributed by atoms with Gasteiger partial charge < -0.3 is 25.2 Å². The molecule has 2 unspecified atom stereocenters. The van der Waals surface area contributed by atoms with E-state index in [9.17, 15) is 38.2 Å². The highest BCUT2D eigenvalue weighted by Gasteiger charge is 2.48. The maximum atomic E-state index is 12.2. The summed E-state index contributed by atoms with van der Waals surface area (Å²) in [7, 11) is 0. The average molecular weight is 521 g/mol. The number of pyridine rings is 1. The molecule has 2 aliphatic rings. The summed E-state index contributed by atoms with van der Waals surface area (Å²) in [5, 5.41) is 36.5. The second-order valence-electron chi connectivity index (χ2n) is 9.13. The number of aliphatic carboxylic acids is 1. The Labute approximate surface area is 209 Å². The number of aromatic hydroxyl groups is 1. The fourth-order valence-electron chi connectivity index (χ4n) is 5.09. The number of hydrogen-bond acceptors (Lipinski definition) is 6. The molecule has 9 nitrogen and oxygen atoms in total. The maximum absolute atomic E-state index is 12.2. The third kappa shape index (κ3) is 5.55. The zero-order valence-electron chi connectivity index (χ0n) is 19.9. The van der Waals surface area contributed by atoms with Crippen molar-refractivity contribution < 1.29 is 38.1 Å². The molecular weight excluding hydrogens is 495 g/mol. The van der Waals surface area contributed by atoms with E-state index in [0.29, 0.717) is 29.2 Å². The van der Waals surface area contributed by atoms with Crippen LogP contribution >= 0.6 is 0 Å². The summed E-state index contributed by atoms with van der Waals surface area (Å²) in [6.07, 6.45) is -0.361. The summed E-state index contributed by atoms with van der Waals surface area (Å²) < 4.78 is 31.7. The summed E-state index contributed by atoms with van der Waals surface area (Å²) >= 11 is 0. The number of halogens is 3. The average Bonchev–Trinajstić information content (AvgIpc) is 3.24. The van der Waals surface area contributed by atoms with Gasteiger partial charge in [0.15, 0.2) is 5.56 Å². The van der Waals surface area contributed by atoms with E-state index in [1.165, 1.54) is 6.42 Å². The van der Waals surface area contributed by atoms with Crippen LogP contribution in [0.5, 0.6) is 5.75 Å². The minimum atomic E-state index is -5.08. The number of hydrogen-bond donors (Lipinski definition) is 4. The van der Waals surface area contributed by atoms with Crippen LogP contribution in [0.1, 0.15) is 48.5 Å². The SMILES string of the molecule is CCc1c(-c2ccc(N3CC4CCCCC4(C#N)C3)cc2)[nH]c(=O)c(C(=O)O)c1O.O=C(O)C(F)(F)F. The molecule has 37 heavy (non-hydrogen) atoms. The zero-order valence-corrected chi connectivity index (χ0v) is 19.9. The lowest BCUT2D eigenvalue weighted by Crippen LogP contribution is -2.31. The van der Waals surface area contributed by atoms with Gasteiger partial charge in [-0.05, 0) is 42.9 Å². The van der Waals surface area contributed by atoms with E-state index in [2.05, 4.69) is 16.0 Å². The molecule has 1 aromatic carbocycles. The van der Waals surface area contributed by atoms with Gasteiger partial charge in [0.1, 0.15) is 5.75 Å². The van der Waals surface area contributed by atoms with Gasteiger partial charge in [-0.15, -0.1) is 0 Å². The third-order valence-electron chi connectivity index (χ3n) is 6.96. The van der Waals surface area contributed by atoms with Crippen LogP contribution < -0.4 is 10.5 Å². The molecule has 4 rings (SSSR count). The number of rotatable bonds is 4. The molecule has 0 radical (unpaired) electrons. The normalized spacial score (nSPS) is 20.8. The van der Waals surface area contributed by atoms with Crippen molar-refractivity contribution in [1.29, 1.82) is 5.26 Å². The van der Waals surface area contributed by atoms with E-state index in [4.69, 9.17) is 9.90 Å². The van der Waals surface area contributed by atoms with Crippen molar-refractivity contribution in [3.63, 3.8) is 0 Å². The highest BCUT2D eigenvalue weighted by atomic mass is 19.4. The van der Waals surface area contributed by atoms with Crippen LogP contribution in [0.3, 0.4) is 0 Å². The maximum Gasteiger partial charge on any atom is 0.490 e. The van der Waals surface area contributed by atoms with Crippen molar-refractivity contribution in [2.24, 2.45) is 11.3 Å². The molecule has 0 spiro atoms. The molecule has 12 heteroatoms. The van der Waals surface area contributed by atoms with Gasteiger partial charge in [-0.25, -0.2) is 9.59 Å². The van der Waals surface area contributed by atoms with Gasteiger partial charge in [-0.1, -0.05) is 31.9 Å². The monoisotopic (exact) mass is 521 g/mol. The van der Waals surface area contributed by atoms with E-state index in [-0.39, 0.29) is 5.41 Å². The molecule has 1 aromatic heterocycles. The lowest BCUT2D eigenvalue weighted by Gasteiger charge is -2.31. The number of nitrogens with zero attached hydrogens (tertiary/aromatic N) is 2. The number of nitrogens with one attached hydrogen (secondary N) is 1. The first-order chi connectivity index (χ1) is 17.3. The Morgan fingerprint density at radius 3 is 2.32 bits per heavy atom. The van der Waals surface area contributed by atoms with E-state index in [1.807, 2.05) is 24.3 Å². The topological polar surface area (TPSA) is 155 Å². The van der Waals surface area contributed by atoms with Crippen molar-refractivity contribution in [3.05, 3.63) is 45.7 Å². The number of aromatic carboxylic acids is 1. The van der Waals surface area contributed by atoms with Crippen LogP contribution in [0.15, 0.2) is 29.1 Å². The van der Waals surface area contributed by atoms with Gasteiger partial charge in [-0.2, -0.15) is 18.4 Å². The van der Waals surface area contributed by atoms with E-state index < -0.39 is 35.0 Å². The molecule has 4 N–H and O–H groups in total. The Morgan fingerprint density at radius 1 is 1.22 bits per heavy atom. The lowest BCUT2D eigenvalue weighted by molar-refractivity contribution is -0.192. The quantitative estimate of drug-likeness (QED) is 0.468. The molecule has 0 amide bonds. The molecule has 0 bridgehead atoms. The second-order valence-corrected chi connectivity index (χ2v) is 9.13. The largest absolute Gasteiger partial charge is 0.506 e. The van der Waals surface area contributed by atoms with Crippen molar-refractivity contribution >= 4 is 17.6 Å². The van der Waals surface area contributed by atoms with Gasteiger partial charge in [0.25, 0.3) is 5.56 Å². The molecule has 2 fully saturated rings. The van der Waals surface area contributed by atoms with Crippen LogP contribution in [-0.2, 0) is 11.2 Å². The second kappa shape index (κ2) is 10.5. The van der Waals surface area contributed by atoms with Crippen molar-refractivity contribution in [2.75, 3.05) is 18.0 Å². The van der Waals surface area contributed by atoms with E-state index in [0.717, 1.165) is 38.0 Å². The molecule has 2 heterocycles. The van der Waals surface area contributed by atoms with Crippen LogP contribution in [0, 0.1) is 22.7 Å². The number of carbonyl (C=O) groups is 2. The molecular formula is C25H26F3N3O6. The molecule has 2 atom stereocenters. The number of carboxylic acid groups (broad SMARTS) is 2. The van der Waals surface area contributed by atoms with E-state index >= 15 is 0 Å².